The third kappa shape index (κ3) is 2.42. The molecule has 0 atom stereocenters. The van der Waals surface area contributed by atoms with Crippen LogP contribution in [0.3, 0.4) is 0 Å². The highest BCUT2D eigenvalue weighted by molar-refractivity contribution is 5.63. The van der Waals surface area contributed by atoms with Crippen LogP contribution in [0.4, 0.5) is 0 Å². The fraction of sp³-hybridized carbons (Fsp3) is 0.286. The lowest BCUT2D eigenvalue weighted by atomic mass is 9.99. The standard InChI is InChI=1S/C14H16N2O2/c1-9(2)11-5-4-10(6-13(11)17)12-7-14(18-3)16-8-15-12/h4-9,17H,1-3H3. The van der Waals surface area contributed by atoms with Gasteiger partial charge in [0.05, 0.1) is 12.8 Å². The van der Waals surface area contributed by atoms with Crippen molar-refractivity contribution in [2.75, 3.05) is 7.11 Å². The van der Waals surface area contributed by atoms with Gasteiger partial charge in [0, 0.05) is 11.6 Å². The van der Waals surface area contributed by atoms with E-state index in [0.29, 0.717) is 17.5 Å². The molecule has 0 bridgehead atoms. The Kier molecular flexibility index (Phi) is 3.46. The first kappa shape index (κ1) is 12.4. The summed E-state index contributed by atoms with van der Waals surface area (Å²) >= 11 is 0. The van der Waals surface area contributed by atoms with Crippen molar-refractivity contribution in [1.82, 2.24) is 9.97 Å². The molecular formula is C14H16N2O2. The second-order valence-electron chi connectivity index (χ2n) is 4.37. The Balaban J connectivity index is 2.42. The van der Waals surface area contributed by atoms with Gasteiger partial charge in [0.15, 0.2) is 0 Å². The molecule has 0 saturated carbocycles. The third-order valence-electron chi connectivity index (χ3n) is 2.80. The SMILES string of the molecule is COc1cc(-c2ccc(C(C)C)c(O)c2)ncn1. The second kappa shape index (κ2) is 5.04. The summed E-state index contributed by atoms with van der Waals surface area (Å²) in [7, 11) is 1.56. The Hall–Kier alpha value is -2.10. The van der Waals surface area contributed by atoms with E-state index >= 15 is 0 Å². The predicted octanol–water partition coefficient (Wildman–Crippen LogP) is 2.98. The number of benzene rings is 1. The number of rotatable bonds is 3. The summed E-state index contributed by atoms with van der Waals surface area (Å²) in [5, 5.41) is 9.97. The van der Waals surface area contributed by atoms with Crippen molar-refractivity contribution >= 4 is 0 Å². The van der Waals surface area contributed by atoms with Gasteiger partial charge in [-0.3, -0.25) is 0 Å². The van der Waals surface area contributed by atoms with Crippen molar-refractivity contribution in [2.24, 2.45) is 0 Å². The van der Waals surface area contributed by atoms with Gasteiger partial charge in [-0.2, -0.15) is 0 Å². The largest absolute Gasteiger partial charge is 0.508 e. The first-order valence-electron chi connectivity index (χ1n) is 5.81. The van der Waals surface area contributed by atoms with E-state index < -0.39 is 0 Å². The molecule has 1 N–H and O–H groups in total. The Bertz CT molecular complexity index is 553. The Morgan fingerprint density at radius 3 is 2.56 bits per heavy atom. The number of hydrogen-bond acceptors (Lipinski definition) is 4. The molecule has 0 aliphatic carbocycles. The van der Waals surface area contributed by atoms with Gasteiger partial charge in [0.2, 0.25) is 5.88 Å². The van der Waals surface area contributed by atoms with Crippen LogP contribution >= 0.6 is 0 Å². The molecule has 1 aromatic carbocycles. The maximum Gasteiger partial charge on any atom is 0.216 e. The Morgan fingerprint density at radius 1 is 1.17 bits per heavy atom. The topological polar surface area (TPSA) is 55.2 Å². The molecule has 94 valence electrons. The van der Waals surface area contributed by atoms with Crippen LogP contribution < -0.4 is 4.74 Å². The summed E-state index contributed by atoms with van der Waals surface area (Å²) < 4.78 is 5.05. The van der Waals surface area contributed by atoms with Crippen LogP contribution in [0.1, 0.15) is 25.3 Å². The normalized spacial score (nSPS) is 10.7. The quantitative estimate of drug-likeness (QED) is 0.901. The number of phenols is 1. The third-order valence-corrected chi connectivity index (χ3v) is 2.80. The fourth-order valence-electron chi connectivity index (χ4n) is 1.80. The zero-order valence-electron chi connectivity index (χ0n) is 10.7. The van der Waals surface area contributed by atoms with Gasteiger partial charge in [-0.1, -0.05) is 26.0 Å². The molecule has 0 saturated heterocycles. The molecule has 0 amide bonds. The summed E-state index contributed by atoms with van der Waals surface area (Å²) in [4.78, 5) is 8.13. The summed E-state index contributed by atoms with van der Waals surface area (Å²) in [6.45, 7) is 4.09. The minimum Gasteiger partial charge on any atom is -0.508 e. The van der Waals surface area contributed by atoms with E-state index in [1.807, 2.05) is 26.0 Å². The minimum absolute atomic E-state index is 0.291. The molecule has 18 heavy (non-hydrogen) atoms. The lowest BCUT2D eigenvalue weighted by Gasteiger charge is -2.10. The smallest absolute Gasteiger partial charge is 0.216 e. The summed E-state index contributed by atoms with van der Waals surface area (Å²) in [5.41, 5.74) is 2.50. The number of methoxy groups -OCH3 is 1. The van der Waals surface area contributed by atoms with Gasteiger partial charge in [0.1, 0.15) is 12.1 Å². The molecule has 0 aliphatic heterocycles. The van der Waals surface area contributed by atoms with E-state index in [1.54, 1.807) is 19.2 Å². The lowest BCUT2D eigenvalue weighted by Crippen LogP contribution is -1.92. The van der Waals surface area contributed by atoms with Gasteiger partial charge < -0.3 is 9.84 Å². The van der Waals surface area contributed by atoms with Crippen LogP contribution in [0.5, 0.6) is 11.6 Å². The van der Waals surface area contributed by atoms with Crippen LogP contribution in [0.25, 0.3) is 11.3 Å². The van der Waals surface area contributed by atoms with Gasteiger partial charge in [0.25, 0.3) is 0 Å². The first-order valence-corrected chi connectivity index (χ1v) is 5.81. The number of ether oxygens (including phenoxy) is 1. The highest BCUT2D eigenvalue weighted by atomic mass is 16.5. The van der Waals surface area contributed by atoms with Crippen LogP contribution in [0.2, 0.25) is 0 Å². The molecule has 0 fully saturated rings. The van der Waals surface area contributed by atoms with Crippen molar-refractivity contribution in [3.8, 4) is 22.9 Å². The zero-order chi connectivity index (χ0) is 13.1. The Labute approximate surface area is 106 Å². The lowest BCUT2D eigenvalue weighted by molar-refractivity contribution is 0.397. The van der Waals surface area contributed by atoms with E-state index in [9.17, 15) is 5.11 Å². The monoisotopic (exact) mass is 244 g/mol. The second-order valence-corrected chi connectivity index (χ2v) is 4.37. The molecule has 0 spiro atoms. The highest BCUT2D eigenvalue weighted by Crippen LogP contribution is 2.30. The summed E-state index contributed by atoms with van der Waals surface area (Å²) in [5.74, 6) is 1.09. The molecule has 2 rings (SSSR count). The van der Waals surface area contributed by atoms with Gasteiger partial charge in [-0.05, 0) is 17.5 Å². The Morgan fingerprint density at radius 2 is 1.94 bits per heavy atom. The number of aromatic nitrogens is 2. The van der Waals surface area contributed by atoms with Crippen LogP contribution in [-0.2, 0) is 0 Å². The fourth-order valence-corrected chi connectivity index (χ4v) is 1.80. The van der Waals surface area contributed by atoms with Crippen LogP contribution in [-0.4, -0.2) is 22.2 Å². The molecule has 2 aromatic rings. The minimum atomic E-state index is 0.291. The molecular weight excluding hydrogens is 228 g/mol. The zero-order valence-corrected chi connectivity index (χ0v) is 10.7. The van der Waals surface area contributed by atoms with Gasteiger partial charge >= 0.3 is 0 Å². The van der Waals surface area contributed by atoms with Gasteiger partial charge in [-0.25, -0.2) is 9.97 Å². The molecule has 4 heteroatoms. The number of phenolic OH excluding ortho intramolecular Hbond substituents is 1. The van der Waals surface area contributed by atoms with Gasteiger partial charge in [-0.15, -0.1) is 0 Å². The summed E-state index contributed by atoms with van der Waals surface area (Å²) in [6, 6.07) is 7.32. The van der Waals surface area contributed by atoms with Crippen molar-refractivity contribution in [1.29, 1.82) is 0 Å². The van der Waals surface area contributed by atoms with E-state index in [-0.39, 0.29) is 0 Å². The van der Waals surface area contributed by atoms with E-state index in [2.05, 4.69) is 9.97 Å². The van der Waals surface area contributed by atoms with Crippen molar-refractivity contribution < 1.29 is 9.84 Å². The van der Waals surface area contributed by atoms with Crippen molar-refractivity contribution in [2.45, 2.75) is 19.8 Å². The maximum atomic E-state index is 9.97. The predicted molar refractivity (Wildman–Crippen MR) is 69.8 cm³/mol. The van der Waals surface area contributed by atoms with Crippen LogP contribution in [0, 0.1) is 0 Å². The van der Waals surface area contributed by atoms with E-state index in [0.717, 1.165) is 16.8 Å². The number of aromatic hydroxyl groups is 1. The molecule has 1 aromatic heterocycles. The number of nitrogens with zero attached hydrogens (tertiary/aromatic N) is 2. The number of hydrogen-bond donors (Lipinski definition) is 1. The first-order chi connectivity index (χ1) is 8.61. The molecule has 0 unspecified atom stereocenters. The molecule has 4 nitrogen and oxygen atoms in total. The average molecular weight is 244 g/mol. The van der Waals surface area contributed by atoms with Crippen molar-refractivity contribution in [3.63, 3.8) is 0 Å². The molecule has 0 radical (unpaired) electrons. The highest BCUT2D eigenvalue weighted by Gasteiger charge is 2.09. The average Bonchev–Trinajstić information content (AvgIpc) is 2.38. The van der Waals surface area contributed by atoms with E-state index in [1.165, 1.54) is 6.33 Å². The maximum absolute atomic E-state index is 9.97. The molecule has 1 heterocycles. The van der Waals surface area contributed by atoms with E-state index in [4.69, 9.17) is 4.74 Å². The van der Waals surface area contributed by atoms with Crippen LogP contribution in [0.15, 0.2) is 30.6 Å². The summed E-state index contributed by atoms with van der Waals surface area (Å²) in [6.07, 6.45) is 1.45. The molecule has 0 aliphatic rings. The van der Waals surface area contributed by atoms with Crippen molar-refractivity contribution in [3.05, 3.63) is 36.2 Å².